The van der Waals surface area contributed by atoms with E-state index < -0.39 is 10.0 Å². The molecule has 2 aromatic rings. The van der Waals surface area contributed by atoms with Gasteiger partial charge in [-0.25, -0.2) is 13.4 Å². The quantitative estimate of drug-likeness (QED) is 0.813. The van der Waals surface area contributed by atoms with Crippen LogP contribution < -0.4 is 5.73 Å². The van der Waals surface area contributed by atoms with Gasteiger partial charge in [0.15, 0.2) is 5.82 Å². The van der Waals surface area contributed by atoms with Gasteiger partial charge in [-0.15, -0.1) is 0 Å². The Morgan fingerprint density at radius 3 is 2.65 bits per heavy atom. The van der Waals surface area contributed by atoms with Crippen molar-refractivity contribution in [3.63, 3.8) is 0 Å². The summed E-state index contributed by atoms with van der Waals surface area (Å²) in [5, 5.41) is 6.62. The van der Waals surface area contributed by atoms with Crippen LogP contribution in [0.25, 0.3) is 0 Å². The molecule has 0 fully saturated rings. The van der Waals surface area contributed by atoms with E-state index in [1.807, 2.05) is 0 Å². The van der Waals surface area contributed by atoms with Crippen LogP contribution in [-0.4, -0.2) is 35.0 Å². The van der Waals surface area contributed by atoms with Gasteiger partial charge in [-0.1, -0.05) is 6.07 Å². The van der Waals surface area contributed by atoms with Gasteiger partial charge in [0.1, 0.15) is 5.82 Å². The number of benzene rings is 1. The Balaban J connectivity index is 2.32. The average Bonchev–Trinajstić information content (AvgIpc) is 2.78. The highest BCUT2D eigenvalue weighted by molar-refractivity contribution is 7.89. The van der Waals surface area contributed by atoms with Crippen LogP contribution in [0.5, 0.6) is 0 Å². The second-order valence-electron chi connectivity index (χ2n) is 4.57. The minimum atomic E-state index is -3.62. The van der Waals surface area contributed by atoms with E-state index in [0.29, 0.717) is 22.9 Å². The minimum Gasteiger partial charge on any atom is -0.398 e. The SMILES string of the molecule is Cc1nc(CN(C)S(=O)(=O)c2cccc(N)c2C)n[nH]1. The lowest BCUT2D eigenvalue weighted by Gasteiger charge is -2.17. The van der Waals surface area contributed by atoms with E-state index in [2.05, 4.69) is 15.2 Å². The average molecular weight is 295 g/mol. The number of rotatable bonds is 4. The summed E-state index contributed by atoms with van der Waals surface area (Å²) in [7, 11) is -2.13. The molecule has 0 spiro atoms. The molecule has 1 aromatic heterocycles. The second kappa shape index (κ2) is 5.22. The highest BCUT2D eigenvalue weighted by Crippen LogP contribution is 2.23. The number of anilines is 1. The molecule has 20 heavy (non-hydrogen) atoms. The summed E-state index contributed by atoms with van der Waals surface area (Å²) in [6.45, 7) is 3.54. The third-order valence-corrected chi connectivity index (χ3v) is 4.97. The Morgan fingerprint density at radius 1 is 1.35 bits per heavy atom. The lowest BCUT2D eigenvalue weighted by molar-refractivity contribution is 0.457. The molecule has 1 heterocycles. The Morgan fingerprint density at radius 2 is 2.05 bits per heavy atom. The monoisotopic (exact) mass is 295 g/mol. The van der Waals surface area contributed by atoms with Gasteiger partial charge in [0.05, 0.1) is 11.4 Å². The van der Waals surface area contributed by atoms with Crippen LogP contribution in [0.2, 0.25) is 0 Å². The van der Waals surface area contributed by atoms with E-state index in [1.165, 1.54) is 11.4 Å². The number of nitrogen functional groups attached to an aromatic ring is 1. The normalized spacial score (nSPS) is 12.0. The number of H-pyrrole nitrogens is 1. The molecule has 1 aromatic carbocycles. The fraction of sp³-hybridized carbons (Fsp3) is 0.333. The number of aromatic nitrogens is 3. The summed E-state index contributed by atoms with van der Waals surface area (Å²) in [4.78, 5) is 4.30. The smallest absolute Gasteiger partial charge is 0.243 e. The molecule has 0 saturated carbocycles. The topological polar surface area (TPSA) is 105 Å². The van der Waals surface area contributed by atoms with Gasteiger partial charge in [0.2, 0.25) is 10.0 Å². The van der Waals surface area contributed by atoms with Gasteiger partial charge in [-0.2, -0.15) is 9.40 Å². The van der Waals surface area contributed by atoms with Crippen LogP contribution in [-0.2, 0) is 16.6 Å². The van der Waals surface area contributed by atoms with Crippen LogP contribution >= 0.6 is 0 Å². The Bertz CT molecular complexity index is 723. The van der Waals surface area contributed by atoms with E-state index in [0.717, 1.165) is 0 Å². The highest BCUT2D eigenvalue weighted by atomic mass is 32.2. The van der Waals surface area contributed by atoms with Crippen molar-refractivity contribution in [2.24, 2.45) is 0 Å². The van der Waals surface area contributed by atoms with Crippen LogP contribution in [0.4, 0.5) is 5.69 Å². The van der Waals surface area contributed by atoms with Crippen molar-refractivity contribution in [2.75, 3.05) is 12.8 Å². The van der Waals surface area contributed by atoms with E-state index in [1.54, 1.807) is 32.0 Å². The summed E-state index contributed by atoms with van der Waals surface area (Å²) in [5.41, 5.74) is 6.76. The molecule has 8 heteroatoms. The van der Waals surface area contributed by atoms with Crippen molar-refractivity contribution in [1.29, 1.82) is 0 Å². The first kappa shape index (κ1) is 14.5. The van der Waals surface area contributed by atoms with Crippen molar-refractivity contribution in [1.82, 2.24) is 19.5 Å². The number of nitrogens with zero attached hydrogens (tertiary/aromatic N) is 3. The summed E-state index contributed by atoms with van der Waals surface area (Å²) < 4.78 is 26.2. The number of aryl methyl sites for hydroxylation is 1. The van der Waals surface area contributed by atoms with Gasteiger partial charge < -0.3 is 5.73 Å². The predicted octanol–water partition coefficient (Wildman–Crippen LogP) is 0.824. The summed E-state index contributed by atoms with van der Waals surface area (Å²) in [6, 6.07) is 4.84. The minimum absolute atomic E-state index is 0.0981. The number of aromatic amines is 1. The third kappa shape index (κ3) is 2.66. The molecule has 0 aliphatic heterocycles. The number of sulfonamides is 1. The van der Waals surface area contributed by atoms with Crippen molar-refractivity contribution in [3.8, 4) is 0 Å². The summed E-state index contributed by atoms with van der Waals surface area (Å²) >= 11 is 0. The molecule has 0 aliphatic rings. The molecule has 0 unspecified atom stereocenters. The van der Waals surface area contributed by atoms with Gasteiger partial charge >= 0.3 is 0 Å². The molecule has 108 valence electrons. The van der Waals surface area contributed by atoms with E-state index in [9.17, 15) is 8.42 Å². The molecular weight excluding hydrogens is 278 g/mol. The van der Waals surface area contributed by atoms with Crippen LogP contribution in [0.15, 0.2) is 23.1 Å². The maximum atomic E-state index is 12.5. The first-order valence-electron chi connectivity index (χ1n) is 6.01. The number of nitrogens with one attached hydrogen (secondary N) is 1. The molecule has 3 N–H and O–H groups in total. The lowest BCUT2D eigenvalue weighted by Crippen LogP contribution is -2.27. The lowest BCUT2D eigenvalue weighted by atomic mass is 10.2. The van der Waals surface area contributed by atoms with Crippen molar-refractivity contribution in [2.45, 2.75) is 25.3 Å². The molecule has 0 atom stereocenters. The van der Waals surface area contributed by atoms with Gasteiger partial charge in [-0.05, 0) is 31.5 Å². The van der Waals surface area contributed by atoms with Crippen LogP contribution in [0, 0.1) is 13.8 Å². The maximum Gasteiger partial charge on any atom is 0.243 e. The van der Waals surface area contributed by atoms with E-state index >= 15 is 0 Å². The number of hydrogen-bond donors (Lipinski definition) is 2. The van der Waals surface area contributed by atoms with Crippen molar-refractivity contribution >= 4 is 15.7 Å². The molecular formula is C12H17N5O2S. The molecule has 2 rings (SSSR count). The van der Waals surface area contributed by atoms with Crippen molar-refractivity contribution in [3.05, 3.63) is 35.4 Å². The zero-order valence-corrected chi connectivity index (χ0v) is 12.4. The fourth-order valence-electron chi connectivity index (χ4n) is 1.82. The van der Waals surface area contributed by atoms with E-state index in [4.69, 9.17) is 5.73 Å². The fourth-order valence-corrected chi connectivity index (χ4v) is 3.20. The van der Waals surface area contributed by atoms with Gasteiger partial charge in [0.25, 0.3) is 0 Å². The third-order valence-electron chi connectivity index (χ3n) is 3.02. The van der Waals surface area contributed by atoms with Gasteiger partial charge in [-0.3, -0.25) is 5.10 Å². The molecule has 0 aliphatic carbocycles. The van der Waals surface area contributed by atoms with E-state index in [-0.39, 0.29) is 11.4 Å². The first-order chi connectivity index (χ1) is 9.32. The standard InChI is InChI=1S/C12H17N5O2S/c1-8-10(13)5-4-6-11(8)20(18,19)17(3)7-12-14-9(2)15-16-12/h4-6H,7,13H2,1-3H3,(H,14,15,16). The molecule has 0 bridgehead atoms. The second-order valence-corrected chi connectivity index (χ2v) is 6.58. The van der Waals surface area contributed by atoms with Crippen LogP contribution in [0.1, 0.15) is 17.2 Å². The van der Waals surface area contributed by atoms with Crippen molar-refractivity contribution < 1.29 is 8.42 Å². The zero-order chi connectivity index (χ0) is 14.9. The predicted molar refractivity (Wildman–Crippen MR) is 75.4 cm³/mol. The molecule has 0 radical (unpaired) electrons. The number of hydrogen-bond acceptors (Lipinski definition) is 5. The molecule has 0 saturated heterocycles. The van der Waals surface area contributed by atoms with Gasteiger partial charge in [0, 0.05) is 12.7 Å². The molecule has 0 amide bonds. The Kier molecular flexibility index (Phi) is 3.78. The zero-order valence-electron chi connectivity index (χ0n) is 11.6. The summed E-state index contributed by atoms with van der Waals surface area (Å²) in [6.07, 6.45) is 0. The Hall–Kier alpha value is -1.93. The Labute approximate surface area is 117 Å². The maximum absolute atomic E-state index is 12.5. The molecule has 7 nitrogen and oxygen atoms in total. The summed E-state index contributed by atoms with van der Waals surface area (Å²) in [5.74, 6) is 1.07. The van der Waals surface area contributed by atoms with Crippen LogP contribution in [0.3, 0.4) is 0 Å². The highest BCUT2D eigenvalue weighted by Gasteiger charge is 2.24. The first-order valence-corrected chi connectivity index (χ1v) is 7.45. The number of nitrogens with two attached hydrogens (primary N) is 1. The largest absolute Gasteiger partial charge is 0.398 e.